The zero-order valence-electron chi connectivity index (χ0n) is 11.0. The average Bonchev–Trinajstić information content (AvgIpc) is 2.41. The first kappa shape index (κ1) is 12.8. The van der Waals surface area contributed by atoms with Gasteiger partial charge < -0.3 is 10.2 Å². The average molecular weight is 245 g/mol. The minimum atomic E-state index is 0.275. The van der Waals surface area contributed by atoms with Crippen molar-refractivity contribution in [3.8, 4) is 6.07 Å². The van der Waals surface area contributed by atoms with E-state index < -0.39 is 0 Å². The van der Waals surface area contributed by atoms with E-state index in [2.05, 4.69) is 40.2 Å². The van der Waals surface area contributed by atoms with Gasteiger partial charge in [0.2, 0.25) is 0 Å². The van der Waals surface area contributed by atoms with Crippen LogP contribution in [0.5, 0.6) is 0 Å². The molecule has 1 aromatic rings. The Morgan fingerprint density at radius 3 is 2.72 bits per heavy atom. The van der Waals surface area contributed by atoms with Crippen LogP contribution < -0.4 is 5.32 Å². The summed E-state index contributed by atoms with van der Waals surface area (Å²) in [5, 5.41) is 12.2. The minimum absolute atomic E-state index is 0.275. The third-order valence-corrected chi connectivity index (χ3v) is 3.68. The number of aromatic nitrogens is 2. The van der Waals surface area contributed by atoms with Crippen LogP contribution in [-0.2, 0) is 0 Å². The van der Waals surface area contributed by atoms with E-state index in [4.69, 9.17) is 5.26 Å². The number of likely N-dealkylation sites (tertiary alicyclic amines) is 1. The van der Waals surface area contributed by atoms with E-state index in [1.54, 1.807) is 12.4 Å². The van der Waals surface area contributed by atoms with Gasteiger partial charge in [0.25, 0.3) is 0 Å². The Balaban J connectivity index is 1.97. The lowest BCUT2D eigenvalue weighted by molar-refractivity contribution is 0.150. The zero-order valence-corrected chi connectivity index (χ0v) is 11.0. The maximum Gasteiger partial charge on any atom is 0.182 e. The van der Waals surface area contributed by atoms with Crippen molar-refractivity contribution in [2.45, 2.75) is 19.8 Å². The van der Waals surface area contributed by atoms with Gasteiger partial charge in [-0.15, -0.1) is 0 Å². The molecule has 18 heavy (non-hydrogen) atoms. The van der Waals surface area contributed by atoms with Crippen molar-refractivity contribution < 1.29 is 0 Å². The predicted octanol–water partition coefficient (Wildman–Crippen LogP) is 1.49. The van der Waals surface area contributed by atoms with Crippen LogP contribution in [0.25, 0.3) is 0 Å². The molecule has 2 rings (SSSR count). The van der Waals surface area contributed by atoms with E-state index in [9.17, 15) is 0 Å². The van der Waals surface area contributed by atoms with Crippen LogP contribution in [0.2, 0.25) is 0 Å². The number of hydrogen-bond donors (Lipinski definition) is 1. The second-order valence-corrected chi connectivity index (χ2v) is 5.33. The van der Waals surface area contributed by atoms with Crippen molar-refractivity contribution in [2.24, 2.45) is 5.41 Å². The maximum absolute atomic E-state index is 8.96. The van der Waals surface area contributed by atoms with Crippen molar-refractivity contribution >= 4 is 5.82 Å². The van der Waals surface area contributed by atoms with Crippen molar-refractivity contribution in [2.75, 3.05) is 32.0 Å². The smallest absolute Gasteiger partial charge is 0.182 e. The second kappa shape index (κ2) is 5.32. The van der Waals surface area contributed by atoms with Crippen LogP contribution in [0.4, 0.5) is 5.82 Å². The fraction of sp³-hybridized carbons (Fsp3) is 0.615. The number of nitriles is 1. The lowest BCUT2D eigenvalue weighted by atomic mass is 9.80. The predicted molar refractivity (Wildman–Crippen MR) is 70.1 cm³/mol. The fourth-order valence-corrected chi connectivity index (χ4v) is 2.18. The van der Waals surface area contributed by atoms with E-state index in [0.29, 0.717) is 11.5 Å². The summed E-state index contributed by atoms with van der Waals surface area (Å²) in [6.07, 6.45) is 5.48. The molecule has 0 bridgehead atoms. The van der Waals surface area contributed by atoms with E-state index in [0.717, 1.165) is 19.6 Å². The number of rotatable bonds is 3. The summed E-state index contributed by atoms with van der Waals surface area (Å²) < 4.78 is 0. The van der Waals surface area contributed by atoms with Crippen LogP contribution in [0, 0.1) is 16.7 Å². The van der Waals surface area contributed by atoms with Gasteiger partial charge in [0.15, 0.2) is 11.5 Å². The number of nitrogens with one attached hydrogen (secondary N) is 1. The molecule has 5 nitrogen and oxygen atoms in total. The molecule has 1 fully saturated rings. The van der Waals surface area contributed by atoms with E-state index in [-0.39, 0.29) is 5.41 Å². The van der Waals surface area contributed by atoms with Gasteiger partial charge in [0.05, 0.1) is 0 Å². The molecule has 0 aromatic carbocycles. The Morgan fingerprint density at radius 1 is 1.39 bits per heavy atom. The van der Waals surface area contributed by atoms with Gasteiger partial charge in [-0.1, -0.05) is 6.92 Å². The molecular formula is C13H19N5. The third-order valence-electron chi connectivity index (χ3n) is 3.68. The molecule has 2 heterocycles. The highest BCUT2D eigenvalue weighted by molar-refractivity contribution is 5.46. The number of anilines is 1. The van der Waals surface area contributed by atoms with Gasteiger partial charge in [-0.25, -0.2) is 9.97 Å². The summed E-state index contributed by atoms with van der Waals surface area (Å²) in [7, 11) is 2.16. The van der Waals surface area contributed by atoms with Crippen LogP contribution in [0.3, 0.4) is 0 Å². The lowest BCUT2D eigenvalue weighted by Gasteiger charge is -2.38. The molecule has 1 aliphatic heterocycles. The summed E-state index contributed by atoms with van der Waals surface area (Å²) in [6, 6.07) is 2.06. The normalized spacial score (nSPS) is 19.2. The van der Waals surface area contributed by atoms with Gasteiger partial charge in [-0.2, -0.15) is 5.26 Å². The highest BCUT2D eigenvalue weighted by Crippen LogP contribution is 2.30. The summed E-state index contributed by atoms with van der Waals surface area (Å²) in [6.45, 7) is 5.39. The Kier molecular flexibility index (Phi) is 3.78. The first-order valence-corrected chi connectivity index (χ1v) is 6.26. The van der Waals surface area contributed by atoms with Gasteiger partial charge in [0, 0.05) is 18.9 Å². The molecule has 1 aliphatic rings. The largest absolute Gasteiger partial charge is 0.367 e. The molecule has 96 valence electrons. The fourth-order valence-electron chi connectivity index (χ4n) is 2.18. The summed E-state index contributed by atoms with van der Waals surface area (Å²) in [5.74, 6) is 0.597. The number of hydrogen-bond acceptors (Lipinski definition) is 5. The molecule has 0 aliphatic carbocycles. The lowest BCUT2D eigenvalue weighted by Crippen LogP contribution is -2.40. The molecule has 0 atom stereocenters. The first-order valence-electron chi connectivity index (χ1n) is 6.26. The van der Waals surface area contributed by atoms with Gasteiger partial charge in [0.1, 0.15) is 6.07 Å². The molecule has 1 aromatic heterocycles. The minimum Gasteiger partial charge on any atom is -0.367 e. The monoisotopic (exact) mass is 245 g/mol. The Morgan fingerprint density at radius 2 is 2.06 bits per heavy atom. The van der Waals surface area contributed by atoms with Crippen LogP contribution in [-0.4, -0.2) is 41.5 Å². The molecule has 0 spiro atoms. The highest BCUT2D eigenvalue weighted by Gasteiger charge is 2.28. The van der Waals surface area contributed by atoms with E-state index in [1.807, 2.05) is 0 Å². The van der Waals surface area contributed by atoms with Crippen LogP contribution in [0.15, 0.2) is 12.4 Å². The molecule has 5 heteroatoms. The Bertz CT molecular complexity index is 443. The van der Waals surface area contributed by atoms with Gasteiger partial charge in [-0.3, -0.25) is 0 Å². The van der Waals surface area contributed by atoms with Crippen molar-refractivity contribution in [1.29, 1.82) is 5.26 Å². The van der Waals surface area contributed by atoms with Gasteiger partial charge >= 0.3 is 0 Å². The zero-order chi connectivity index (χ0) is 13.0. The number of piperidine rings is 1. The van der Waals surface area contributed by atoms with E-state index >= 15 is 0 Å². The van der Waals surface area contributed by atoms with Crippen molar-refractivity contribution in [3.63, 3.8) is 0 Å². The topological polar surface area (TPSA) is 64.8 Å². The number of nitrogens with zero attached hydrogens (tertiary/aromatic N) is 4. The molecule has 0 amide bonds. The van der Waals surface area contributed by atoms with Gasteiger partial charge in [-0.05, 0) is 38.4 Å². The Labute approximate surface area is 108 Å². The summed E-state index contributed by atoms with van der Waals surface area (Å²) in [5.41, 5.74) is 0.644. The van der Waals surface area contributed by atoms with Crippen molar-refractivity contribution in [1.82, 2.24) is 14.9 Å². The standard InChI is InChI=1S/C13H19N5/c1-13(3-7-18(2)8-4-13)10-17-12-11(9-14)15-5-6-16-12/h5-6H,3-4,7-8,10H2,1-2H3,(H,16,17). The van der Waals surface area contributed by atoms with Crippen LogP contribution >= 0.6 is 0 Å². The molecule has 1 saturated heterocycles. The summed E-state index contributed by atoms with van der Waals surface area (Å²) >= 11 is 0. The first-order chi connectivity index (χ1) is 8.63. The molecule has 0 radical (unpaired) electrons. The van der Waals surface area contributed by atoms with Crippen molar-refractivity contribution in [3.05, 3.63) is 18.1 Å². The molecule has 0 saturated carbocycles. The SMILES string of the molecule is CN1CCC(C)(CNc2nccnc2C#N)CC1. The third kappa shape index (κ3) is 2.96. The van der Waals surface area contributed by atoms with E-state index in [1.165, 1.54) is 12.8 Å². The maximum atomic E-state index is 8.96. The summed E-state index contributed by atoms with van der Waals surface area (Å²) in [4.78, 5) is 10.5. The highest BCUT2D eigenvalue weighted by atomic mass is 15.1. The molecule has 1 N–H and O–H groups in total. The Hall–Kier alpha value is -1.67. The molecular weight excluding hydrogens is 226 g/mol. The second-order valence-electron chi connectivity index (χ2n) is 5.33. The van der Waals surface area contributed by atoms with Crippen LogP contribution in [0.1, 0.15) is 25.5 Å². The molecule has 0 unspecified atom stereocenters. The quantitative estimate of drug-likeness (QED) is 0.874.